The van der Waals surface area contributed by atoms with Crippen molar-refractivity contribution in [3.8, 4) is 0 Å². The van der Waals surface area contributed by atoms with E-state index in [1.54, 1.807) is 12.1 Å². The first-order valence-electron chi connectivity index (χ1n) is 6.54. The minimum Gasteiger partial charge on any atom is -0.316 e. The minimum atomic E-state index is -0.311. The maximum atomic E-state index is 10.8. The van der Waals surface area contributed by atoms with Crippen LogP contribution in [-0.4, -0.2) is 18.0 Å². The van der Waals surface area contributed by atoms with Gasteiger partial charge in [0.05, 0.1) is 4.92 Å². The van der Waals surface area contributed by atoms with Gasteiger partial charge in [-0.05, 0) is 38.3 Å². The molecule has 0 radical (unpaired) electrons. The average molecular weight is 250 g/mol. The Morgan fingerprint density at radius 3 is 2.67 bits per heavy atom. The number of nitrogens with one attached hydrogen (secondary N) is 1. The fraction of sp³-hybridized carbons (Fsp3) is 0.571. The van der Waals surface area contributed by atoms with Crippen LogP contribution in [0.2, 0.25) is 0 Å². The molecule has 4 heteroatoms. The smallest absolute Gasteiger partial charge is 0.272 e. The molecular weight excluding hydrogens is 228 g/mol. The van der Waals surface area contributed by atoms with E-state index in [-0.39, 0.29) is 10.6 Å². The van der Waals surface area contributed by atoms with Crippen LogP contribution in [0.15, 0.2) is 24.3 Å². The van der Waals surface area contributed by atoms with E-state index in [1.807, 2.05) is 12.1 Å². The summed E-state index contributed by atoms with van der Waals surface area (Å²) in [5, 5.41) is 14.1. The first-order valence-corrected chi connectivity index (χ1v) is 6.54. The Labute approximate surface area is 109 Å². The zero-order valence-electron chi connectivity index (χ0n) is 11.2. The summed E-state index contributed by atoms with van der Waals surface area (Å²) >= 11 is 0. The molecule has 0 saturated carbocycles. The highest BCUT2D eigenvalue weighted by atomic mass is 16.6. The Balaban J connectivity index is 2.29. The summed E-state index contributed by atoms with van der Waals surface area (Å²) < 4.78 is 0. The number of nitro benzene ring substituents is 1. The first kappa shape index (κ1) is 14.6. The van der Waals surface area contributed by atoms with Gasteiger partial charge in [-0.3, -0.25) is 10.1 Å². The molecule has 1 aromatic rings. The minimum absolute atomic E-state index is 0.224. The number of rotatable bonds is 8. The van der Waals surface area contributed by atoms with Crippen LogP contribution in [0.4, 0.5) is 5.69 Å². The molecule has 0 saturated heterocycles. The molecule has 0 atom stereocenters. The van der Waals surface area contributed by atoms with Crippen LogP contribution in [0.3, 0.4) is 0 Å². The fourth-order valence-electron chi connectivity index (χ4n) is 1.88. The number of nitrogens with zero attached hydrogens (tertiary/aromatic N) is 1. The lowest BCUT2D eigenvalue weighted by Crippen LogP contribution is -2.19. The van der Waals surface area contributed by atoms with Gasteiger partial charge in [0.2, 0.25) is 0 Å². The second-order valence-electron chi connectivity index (χ2n) is 4.92. The molecule has 0 aliphatic rings. The fourth-order valence-corrected chi connectivity index (χ4v) is 1.88. The van der Waals surface area contributed by atoms with Gasteiger partial charge in [0, 0.05) is 11.6 Å². The number of hydrogen-bond donors (Lipinski definition) is 1. The lowest BCUT2D eigenvalue weighted by molar-refractivity contribution is -0.385. The number of para-hydroxylation sites is 1. The summed E-state index contributed by atoms with van der Waals surface area (Å²) in [6.07, 6.45) is 3.09. The molecule has 0 unspecified atom stereocenters. The molecular formula is C14H22N2O2. The van der Waals surface area contributed by atoms with Gasteiger partial charge in [-0.15, -0.1) is 0 Å². The topological polar surface area (TPSA) is 55.2 Å². The van der Waals surface area contributed by atoms with Crippen LogP contribution in [0.5, 0.6) is 0 Å². The van der Waals surface area contributed by atoms with E-state index in [0.29, 0.717) is 6.42 Å². The van der Waals surface area contributed by atoms with Gasteiger partial charge in [-0.2, -0.15) is 0 Å². The van der Waals surface area contributed by atoms with Crippen molar-refractivity contribution in [2.45, 2.75) is 33.1 Å². The van der Waals surface area contributed by atoms with Crippen LogP contribution in [0, 0.1) is 16.0 Å². The molecule has 0 aromatic heterocycles. The van der Waals surface area contributed by atoms with E-state index in [4.69, 9.17) is 0 Å². The van der Waals surface area contributed by atoms with E-state index in [0.717, 1.165) is 31.0 Å². The van der Waals surface area contributed by atoms with Gasteiger partial charge >= 0.3 is 0 Å². The third kappa shape index (κ3) is 5.27. The molecule has 0 spiro atoms. The second-order valence-corrected chi connectivity index (χ2v) is 4.92. The highest BCUT2D eigenvalue weighted by molar-refractivity contribution is 5.39. The van der Waals surface area contributed by atoms with Crippen LogP contribution in [0.1, 0.15) is 32.3 Å². The van der Waals surface area contributed by atoms with Crippen molar-refractivity contribution in [3.63, 3.8) is 0 Å². The molecule has 1 aromatic carbocycles. The van der Waals surface area contributed by atoms with Gasteiger partial charge in [0.25, 0.3) is 5.69 Å². The van der Waals surface area contributed by atoms with Crippen molar-refractivity contribution >= 4 is 5.69 Å². The highest BCUT2D eigenvalue weighted by Gasteiger charge is 2.10. The van der Waals surface area contributed by atoms with Gasteiger partial charge in [0.15, 0.2) is 0 Å². The van der Waals surface area contributed by atoms with Gasteiger partial charge in [-0.1, -0.05) is 32.0 Å². The Morgan fingerprint density at radius 1 is 1.28 bits per heavy atom. The van der Waals surface area contributed by atoms with Crippen LogP contribution < -0.4 is 5.32 Å². The van der Waals surface area contributed by atoms with E-state index in [9.17, 15) is 10.1 Å². The van der Waals surface area contributed by atoms with Crippen molar-refractivity contribution in [1.29, 1.82) is 0 Å². The quantitative estimate of drug-likeness (QED) is 0.438. The van der Waals surface area contributed by atoms with E-state index in [2.05, 4.69) is 19.2 Å². The van der Waals surface area contributed by atoms with Crippen LogP contribution in [0.25, 0.3) is 0 Å². The van der Waals surface area contributed by atoms with Crippen LogP contribution >= 0.6 is 0 Å². The molecule has 0 bridgehead atoms. The molecule has 0 heterocycles. The molecule has 18 heavy (non-hydrogen) atoms. The number of nitro groups is 1. The molecule has 0 amide bonds. The molecule has 0 aliphatic carbocycles. The lowest BCUT2D eigenvalue weighted by Gasteiger charge is -2.07. The molecule has 1 N–H and O–H groups in total. The summed E-state index contributed by atoms with van der Waals surface area (Å²) in [5.74, 6) is 0.738. The van der Waals surface area contributed by atoms with Crippen molar-refractivity contribution < 1.29 is 4.92 Å². The van der Waals surface area contributed by atoms with E-state index < -0.39 is 0 Å². The maximum absolute atomic E-state index is 10.8. The number of hydrogen-bond acceptors (Lipinski definition) is 3. The Kier molecular flexibility index (Phi) is 6.36. The van der Waals surface area contributed by atoms with Gasteiger partial charge in [0.1, 0.15) is 0 Å². The average Bonchev–Trinajstić information content (AvgIpc) is 2.33. The SMILES string of the molecule is CC(C)CCCNCCc1ccccc1[N+](=O)[O-]. The second kappa shape index (κ2) is 7.82. The predicted molar refractivity (Wildman–Crippen MR) is 73.7 cm³/mol. The van der Waals surface area contributed by atoms with E-state index in [1.165, 1.54) is 6.42 Å². The summed E-state index contributed by atoms with van der Waals surface area (Å²) in [4.78, 5) is 10.5. The zero-order chi connectivity index (χ0) is 13.4. The molecule has 0 aliphatic heterocycles. The summed E-state index contributed by atoms with van der Waals surface area (Å²) in [7, 11) is 0. The van der Waals surface area contributed by atoms with Crippen molar-refractivity contribution in [1.82, 2.24) is 5.32 Å². The first-order chi connectivity index (χ1) is 8.61. The standard InChI is InChI=1S/C14H22N2O2/c1-12(2)6-5-10-15-11-9-13-7-3-4-8-14(13)16(17)18/h3-4,7-8,12,15H,5-6,9-11H2,1-2H3. The van der Waals surface area contributed by atoms with E-state index >= 15 is 0 Å². The third-order valence-corrected chi connectivity index (χ3v) is 2.89. The van der Waals surface area contributed by atoms with Crippen LogP contribution in [-0.2, 0) is 6.42 Å². The predicted octanol–water partition coefficient (Wildman–Crippen LogP) is 3.16. The molecule has 4 nitrogen and oxygen atoms in total. The normalized spacial score (nSPS) is 10.8. The Bertz CT molecular complexity index is 378. The van der Waals surface area contributed by atoms with Crippen molar-refractivity contribution in [3.05, 3.63) is 39.9 Å². The van der Waals surface area contributed by atoms with Gasteiger partial charge < -0.3 is 5.32 Å². The maximum Gasteiger partial charge on any atom is 0.272 e. The zero-order valence-corrected chi connectivity index (χ0v) is 11.2. The van der Waals surface area contributed by atoms with Crippen molar-refractivity contribution in [2.75, 3.05) is 13.1 Å². The third-order valence-electron chi connectivity index (χ3n) is 2.89. The van der Waals surface area contributed by atoms with Crippen molar-refractivity contribution in [2.24, 2.45) is 5.92 Å². The Morgan fingerprint density at radius 2 is 2.00 bits per heavy atom. The Hall–Kier alpha value is -1.42. The molecule has 100 valence electrons. The summed E-state index contributed by atoms with van der Waals surface area (Å²) in [6, 6.07) is 6.95. The largest absolute Gasteiger partial charge is 0.316 e. The number of benzene rings is 1. The lowest BCUT2D eigenvalue weighted by atomic mass is 10.1. The molecule has 0 fully saturated rings. The summed E-state index contributed by atoms with van der Waals surface area (Å²) in [6.45, 7) is 6.21. The highest BCUT2D eigenvalue weighted by Crippen LogP contribution is 2.17. The van der Waals surface area contributed by atoms with Gasteiger partial charge in [-0.25, -0.2) is 0 Å². The summed E-state index contributed by atoms with van der Waals surface area (Å²) in [5.41, 5.74) is 1.03. The monoisotopic (exact) mass is 250 g/mol. The molecule has 1 rings (SSSR count).